The van der Waals surface area contributed by atoms with Crippen LogP contribution in [0.4, 0.5) is 0 Å². The highest BCUT2D eigenvalue weighted by molar-refractivity contribution is 5.77. The highest BCUT2D eigenvalue weighted by Gasteiger charge is 2.49. The van der Waals surface area contributed by atoms with Crippen LogP contribution in [-0.4, -0.2) is 23.1 Å². The maximum absolute atomic E-state index is 11.3. The molecule has 4 nitrogen and oxygen atoms in total. The van der Waals surface area contributed by atoms with Gasteiger partial charge in [-0.2, -0.15) is 0 Å². The number of carbonyl (C=O) groups excluding carboxylic acids is 1. The minimum Gasteiger partial charge on any atom is -0.481 e. The molecule has 33 heavy (non-hydrogen) atoms. The average molecular weight is 457 g/mol. The van der Waals surface area contributed by atoms with Crippen molar-refractivity contribution in [1.82, 2.24) is 0 Å². The van der Waals surface area contributed by atoms with Crippen molar-refractivity contribution < 1.29 is 19.4 Å². The summed E-state index contributed by atoms with van der Waals surface area (Å²) in [5.74, 6) is -0.584. The van der Waals surface area contributed by atoms with Gasteiger partial charge in [0, 0.05) is 0 Å². The number of aryl methyl sites for hydroxylation is 2. The molecule has 0 radical (unpaired) electrons. The van der Waals surface area contributed by atoms with Crippen molar-refractivity contribution in [3.8, 4) is 0 Å². The maximum Gasteiger partial charge on any atom is 0.309 e. The molecule has 0 aromatic heterocycles. The number of hydrogen-bond donors (Lipinski definition) is 1. The van der Waals surface area contributed by atoms with Crippen LogP contribution >= 0.6 is 0 Å². The second kappa shape index (κ2) is 11.5. The smallest absolute Gasteiger partial charge is 0.309 e. The number of ether oxygens (including phenoxy) is 1. The van der Waals surface area contributed by atoms with Crippen LogP contribution in [-0.2, 0) is 27.2 Å². The summed E-state index contributed by atoms with van der Waals surface area (Å²) in [6, 6.07) is 2.39. The number of carboxylic acids is 1. The summed E-state index contributed by atoms with van der Waals surface area (Å²) in [5, 5.41) is 9.30. The zero-order chi connectivity index (χ0) is 23.9. The van der Waals surface area contributed by atoms with Crippen molar-refractivity contribution >= 4 is 12.4 Å². The predicted molar refractivity (Wildman–Crippen MR) is 133 cm³/mol. The van der Waals surface area contributed by atoms with E-state index in [1.54, 1.807) is 5.56 Å². The molecule has 4 heteroatoms. The van der Waals surface area contributed by atoms with Gasteiger partial charge in [0.25, 0.3) is 6.47 Å². The fourth-order valence-corrected chi connectivity index (χ4v) is 5.45. The lowest BCUT2D eigenvalue weighted by Gasteiger charge is -2.18. The molecule has 0 aliphatic heterocycles. The molecular formula is C29H44O4. The van der Waals surface area contributed by atoms with Gasteiger partial charge in [-0.15, -0.1) is 0 Å². The van der Waals surface area contributed by atoms with Gasteiger partial charge >= 0.3 is 5.97 Å². The van der Waals surface area contributed by atoms with Crippen molar-refractivity contribution in [1.29, 1.82) is 0 Å². The van der Waals surface area contributed by atoms with Crippen molar-refractivity contribution in [2.75, 3.05) is 0 Å². The molecule has 2 saturated carbocycles. The monoisotopic (exact) mass is 456 g/mol. The number of rotatable bonds is 17. The highest BCUT2D eigenvalue weighted by Crippen LogP contribution is 2.50. The third-order valence-corrected chi connectivity index (χ3v) is 8.44. The number of carbonyl (C=O) groups is 2. The third kappa shape index (κ3) is 7.07. The molecule has 2 aliphatic carbocycles. The fraction of sp³-hybridized carbons (Fsp3) is 0.724. The van der Waals surface area contributed by atoms with Gasteiger partial charge in [0.2, 0.25) is 0 Å². The summed E-state index contributed by atoms with van der Waals surface area (Å²) in [5.41, 5.74) is 6.93. The lowest BCUT2D eigenvalue weighted by atomic mass is 9.88. The van der Waals surface area contributed by atoms with E-state index in [4.69, 9.17) is 4.74 Å². The highest BCUT2D eigenvalue weighted by atomic mass is 16.5. The van der Waals surface area contributed by atoms with Crippen LogP contribution in [0, 0.1) is 26.2 Å². The largest absolute Gasteiger partial charge is 0.481 e. The molecule has 1 N–H and O–H groups in total. The summed E-state index contributed by atoms with van der Waals surface area (Å²) in [6.45, 7) is 7.43. The Kier molecular flexibility index (Phi) is 9.01. The minimum atomic E-state index is -0.584. The summed E-state index contributed by atoms with van der Waals surface area (Å²) in [6.07, 6.45) is 17.4. The number of hydrogen-bond acceptors (Lipinski definition) is 3. The zero-order valence-corrected chi connectivity index (χ0v) is 21.1. The third-order valence-electron chi connectivity index (χ3n) is 8.44. The molecule has 1 aromatic carbocycles. The Morgan fingerprint density at radius 3 is 2.06 bits per heavy atom. The van der Waals surface area contributed by atoms with Gasteiger partial charge in [0.05, 0.1) is 5.41 Å². The van der Waals surface area contributed by atoms with Crippen molar-refractivity contribution in [3.05, 3.63) is 33.9 Å². The zero-order valence-electron chi connectivity index (χ0n) is 21.1. The molecule has 0 amide bonds. The normalized spacial score (nSPS) is 17.5. The van der Waals surface area contributed by atoms with Gasteiger partial charge in [-0.05, 0) is 119 Å². The quantitative estimate of drug-likeness (QED) is 0.199. The van der Waals surface area contributed by atoms with Gasteiger partial charge < -0.3 is 9.84 Å². The van der Waals surface area contributed by atoms with Crippen molar-refractivity contribution in [2.24, 2.45) is 5.41 Å². The first-order valence-electron chi connectivity index (χ1n) is 13.3. The van der Waals surface area contributed by atoms with E-state index in [0.717, 1.165) is 70.6 Å². The van der Waals surface area contributed by atoms with Gasteiger partial charge in [-0.3, -0.25) is 9.59 Å². The minimum absolute atomic E-state index is 0.101. The van der Waals surface area contributed by atoms with Crippen LogP contribution in [0.2, 0.25) is 0 Å². The van der Waals surface area contributed by atoms with E-state index in [2.05, 4.69) is 26.8 Å². The van der Waals surface area contributed by atoms with Crippen LogP contribution in [0.15, 0.2) is 6.07 Å². The Morgan fingerprint density at radius 2 is 1.48 bits per heavy atom. The van der Waals surface area contributed by atoms with Crippen LogP contribution in [0.5, 0.6) is 0 Å². The summed E-state index contributed by atoms with van der Waals surface area (Å²) in [7, 11) is 0. The van der Waals surface area contributed by atoms with Gasteiger partial charge in [0.1, 0.15) is 5.60 Å². The molecule has 0 saturated heterocycles. The van der Waals surface area contributed by atoms with E-state index in [0.29, 0.717) is 6.47 Å². The molecule has 0 heterocycles. The first-order chi connectivity index (χ1) is 15.8. The Hall–Kier alpha value is -1.84. The van der Waals surface area contributed by atoms with Gasteiger partial charge in [0.15, 0.2) is 0 Å². The number of aliphatic carboxylic acids is 1. The topological polar surface area (TPSA) is 63.6 Å². The van der Waals surface area contributed by atoms with Crippen LogP contribution in [0.3, 0.4) is 0 Å². The van der Waals surface area contributed by atoms with E-state index in [9.17, 15) is 14.7 Å². The van der Waals surface area contributed by atoms with E-state index in [1.807, 2.05) is 0 Å². The summed E-state index contributed by atoms with van der Waals surface area (Å²) < 4.78 is 5.25. The fourth-order valence-electron chi connectivity index (χ4n) is 5.45. The van der Waals surface area contributed by atoms with E-state index >= 15 is 0 Å². The molecule has 2 fully saturated rings. The molecule has 0 bridgehead atoms. The average Bonchev–Trinajstić information content (AvgIpc) is 3.70. The Labute approximate surface area is 200 Å². The first-order valence-corrected chi connectivity index (χ1v) is 13.3. The Bertz CT molecular complexity index is 817. The maximum atomic E-state index is 11.3. The number of carboxylic acid groups (broad SMARTS) is 1. The number of unbranched alkanes of at least 4 members (excludes halogenated alkanes) is 6. The molecule has 2 aliphatic rings. The van der Waals surface area contributed by atoms with Gasteiger partial charge in [-0.25, -0.2) is 0 Å². The van der Waals surface area contributed by atoms with E-state index < -0.39 is 5.97 Å². The predicted octanol–water partition coefficient (Wildman–Crippen LogP) is 7.17. The van der Waals surface area contributed by atoms with Crippen molar-refractivity contribution in [2.45, 2.75) is 129 Å². The second-order valence-electron chi connectivity index (χ2n) is 10.9. The van der Waals surface area contributed by atoms with Crippen LogP contribution < -0.4 is 0 Å². The standard InChI is InChI=1S/C29H44O4/c1-22-20-25(12-8-4-6-10-14-28(16-17-28)27(31)32)24(3)26(23(22)2)13-9-5-7-11-15-29(18-19-29)33-21-30/h20-21H,4-19H2,1-3H3,(H,31,32). The summed E-state index contributed by atoms with van der Waals surface area (Å²) in [4.78, 5) is 21.9. The first kappa shape index (κ1) is 25.8. The Morgan fingerprint density at radius 1 is 0.879 bits per heavy atom. The molecular weight excluding hydrogens is 412 g/mol. The van der Waals surface area contributed by atoms with Crippen LogP contribution in [0.25, 0.3) is 0 Å². The second-order valence-corrected chi connectivity index (χ2v) is 10.9. The number of benzene rings is 1. The van der Waals surface area contributed by atoms with Gasteiger partial charge in [-0.1, -0.05) is 38.2 Å². The van der Waals surface area contributed by atoms with Crippen LogP contribution in [0.1, 0.15) is 118 Å². The van der Waals surface area contributed by atoms with E-state index in [1.165, 1.54) is 54.4 Å². The van der Waals surface area contributed by atoms with Crippen molar-refractivity contribution in [3.63, 3.8) is 0 Å². The molecule has 0 atom stereocenters. The molecule has 0 spiro atoms. The lowest BCUT2D eigenvalue weighted by molar-refractivity contribution is -0.143. The van der Waals surface area contributed by atoms with E-state index in [-0.39, 0.29) is 11.0 Å². The molecule has 3 rings (SSSR count). The summed E-state index contributed by atoms with van der Waals surface area (Å²) >= 11 is 0. The lowest BCUT2D eigenvalue weighted by Crippen LogP contribution is -2.14. The molecule has 184 valence electrons. The molecule has 0 unspecified atom stereocenters. The SMILES string of the molecule is Cc1cc(CCCCCCC2(C(=O)O)CC2)c(C)c(CCCCCCC2(OC=O)CC2)c1C. The molecule has 1 aromatic rings. The Balaban J connectivity index is 1.37.